The van der Waals surface area contributed by atoms with Crippen molar-refractivity contribution in [2.24, 2.45) is 0 Å². The molecule has 1 saturated heterocycles. The molecule has 5 heteroatoms. The number of hydrogen-bond donors (Lipinski definition) is 0. The molecule has 1 unspecified atom stereocenters. The van der Waals surface area contributed by atoms with Gasteiger partial charge in [-0.05, 0) is 38.1 Å². The summed E-state index contributed by atoms with van der Waals surface area (Å²) < 4.78 is 1.99. The van der Waals surface area contributed by atoms with Crippen molar-refractivity contribution in [2.45, 2.75) is 32.2 Å². The van der Waals surface area contributed by atoms with Crippen molar-refractivity contribution in [1.82, 2.24) is 19.5 Å². The van der Waals surface area contributed by atoms with Gasteiger partial charge in [-0.1, -0.05) is 6.92 Å². The highest BCUT2D eigenvalue weighted by Gasteiger charge is 2.24. The molecule has 1 fully saturated rings. The summed E-state index contributed by atoms with van der Waals surface area (Å²) in [6.45, 7) is 4.49. The Labute approximate surface area is 112 Å². The lowest BCUT2D eigenvalue weighted by molar-refractivity contribution is 0.112. The van der Waals surface area contributed by atoms with Crippen molar-refractivity contribution in [2.75, 3.05) is 13.1 Å². The third-order valence-corrected chi connectivity index (χ3v) is 3.96. The zero-order chi connectivity index (χ0) is 13.2. The molecule has 100 valence electrons. The van der Waals surface area contributed by atoms with Gasteiger partial charge in [0.2, 0.25) is 0 Å². The van der Waals surface area contributed by atoms with Gasteiger partial charge in [0.15, 0.2) is 5.65 Å². The molecule has 0 aromatic carbocycles. The fourth-order valence-electron chi connectivity index (χ4n) is 2.92. The Morgan fingerprint density at radius 3 is 3.16 bits per heavy atom. The molecule has 1 aliphatic heterocycles. The van der Waals surface area contributed by atoms with Crippen molar-refractivity contribution < 1.29 is 4.79 Å². The van der Waals surface area contributed by atoms with Crippen LogP contribution in [-0.2, 0) is 6.42 Å². The lowest BCUT2D eigenvalue weighted by atomic mass is 10.1. The van der Waals surface area contributed by atoms with Crippen LogP contribution in [0.3, 0.4) is 0 Å². The molecular weight excluding hydrogens is 240 g/mol. The van der Waals surface area contributed by atoms with Gasteiger partial charge in [-0.3, -0.25) is 9.20 Å². The molecule has 3 rings (SSSR count). The Balaban J connectivity index is 1.87. The minimum absolute atomic E-state index is 0.572. The summed E-state index contributed by atoms with van der Waals surface area (Å²) in [5, 5.41) is 8.43. The first kappa shape index (κ1) is 12.3. The maximum atomic E-state index is 10.8. The molecule has 0 N–H and O–H groups in total. The summed E-state index contributed by atoms with van der Waals surface area (Å²) in [4.78, 5) is 13.3. The molecule has 1 aliphatic rings. The highest BCUT2D eigenvalue weighted by Crippen LogP contribution is 2.20. The third kappa shape index (κ3) is 2.26. The van der Waals surface area contributed by atoms with Crippen molar-refractivity contribution in [1.29, 1.82) is 0 Å². The van der Waals surface area contributed by atoms with Gasteiger partial charge in [0.1, 0.15) is 12.1 Å². The van der Waals surface area contributed by atoms with E-state index < -0.39 is 0 Å². The zero-order valence-electron chi connectivity index (χ0n) is 11.1. The van der Waals surface area contributed by atoms with E-state index in [4.69, 9.17) is 0 Å². The highest BCUT2D eigenvalue weighted by molar-refractivity contribution is 5.76. The highest BCUT2D eigenvalue weighted by atomic mass is 16.1. The number of nitrogens with zero attached hydrogens (tertiary/aromatic N) is 4. The van der Waals surface area contributed by atoms with Gasteiger partial charge in [-0.2, -0.15) is 0 Å². The minimum Gasteiger partial charge on any atom is -0.300 e. The van der Waals surface area contributed by atoms with E-state index in [-0.39, 0.29) is 0 Å². The molecular formula is C14H18N4O. The second-order valence-electron chi connectivity index (χ2n) is 5.05. The topological polar surface area (TPSA) is 50.5 Å². The second-order valence-corrected chi connectivity index (χ2v) is 5.05. The average molecular weight is 258 g/mol. The van der Waals surface area contributed by atoms with E-state index >= 15 is 0 Å². The molecule has 0 saturated carbocycles. The number of carbonyl (C=O) groups excluding carboxylic acids is 1. The lowest BCUT2D eigenvalue weighted by Crippen LogP contribution is -2.31. The van der Waals surface area contributed by atoms with Crippen LogP contribution in [0.1, 0.15) is 35.9 Å². The smallest absolute Gasteiger partial charge is 0.161 e. The van der Waals surface area contributed by atoms with E-state index in [0.717, 1.165) is 30.7 Å². The van der Waals surface area contributed by atoms with Crippen LogP contribution in [0.4, 0.5) is 0 Å². The van der Waals surface area contributed by atoms with Crippen LogP contribution in [0.25, 0.3) is 5.65 Å². The predicted molar refractivity (Wildman–Crippen MR) is 72.3 cm³/mol. The van der Waals surface area contributed by atoms with E-state index in [1.807, 2.05) is 10.6 Å². The number of pyridine rings is 1. The van der Waals surface area contributed by atoms with Crippen molar-refractivity contribution >= 4 is 11.9 Å². The van der Waals surface area contributed by atoms with Crippen molar-refractivity contribution in [3.63, 3.8) is 0 Å². The minimum atomic E-state index is 0.572. The molecule has 2 aromatic rings. The zero-order valence-corrected chi connectivity index (χ0v) is 11.1. The van der Waals surface area contributed by atoms with E-state index in [1.54, 1.807) is 12.1 Å². The molecule has 2 aromatic heterocycles. The normalized spacial score (nSPS) is 20.2. The van der Waals surface area contributed by atoms with Gasteiger partial charge < -0.3 is 4.90 Å². The monoisotopic (exact) mass is 258 g/mol. The van der Waals surface area contributed by atoms with E-state index in [1.165, 1.54) is 19.4 Å². The molecule has 1 atom stereocenters. The van der Waals surface area contributed by atoms with Crippen LogP contribution in [0.2, 0.25) is 0 Å². The first-order valence-electron chi connectivity index (χ1n) is 6.84. The first-order chi connectivity index (χ1) is 9.31. The molecule has 0 radical (unpaired) electrons. The summed E-state index contributed by atoms with van der Waals surface area (Å²) in [5.41, 5.74) is 1.39. The van der Waals surface area contributed by atoms with Crippen LogP contribution >= 0.6 is 0 Å². The van der Waals surface area contributed by atoms with Crippen LogP contribution < -0.4 is 0 Å². The number of rotatable bonds is 4. The summed E-state index contributed by atoms with van der Waals surface area (Å²) in [7, 11) is 0. The van der Waals surface area contributed by atoms with Crippen LogP contribution in [0, 0.1) is 0 Å². The summed E-state index contributed by atoms with van der Waals surface area (Å²) in [6, 6.07) is 4.15. The van der Waals surface area contributed by atoms with Gasteiger partial charge >= 0.3 is 0 Å². The number of likely N-dealkylation sites (tertiary alicyclic amines) is 1. The fraction of sp³-hybridized carbons (Fsp3) is 0.500. The Kier molecular flexibility index (Phi) is 3.29. The molecule has 0 spiro atoms. The Morgan fingerprint density at radius 2 is 2.37 bits per heavy atom. The SMILES string of the molecule is CCN1CCCC1Cc1nnc2cc(C=O)ccn12. The van der Waals surface area contributed by atoms with Crippen LogP contribution in [0.5, 0.6) is 0 Å². The predicted octanol–water partition coefficient (Wildman–Crippen LogP) is 1.57. The number of aldehydes is 1. The molecule has 0 bridgehead atoms. The summed E-state index contributed by atoms with van der Waals surface area (Å²) in [5.74, 6) is 0.984. The van der Waals surface area contributed by atoms with E-state index in [9.17, 15) is 4.79 Å². The Hall–Kier alpha value is -1.75. The van der Waals surface area contributed by atoms with E-state index in [2.05, 4.69) is 22.0 Å². The molecule has 5 nitrogen and oxygen atoms in total. The first-order valence-corrected chi connectivity index (χ1v) is 6.84. The summed E-state index contributed by atoms with van der Waals surface area (Å²) >= 11 is 0. The maximum absolute atomic E-state index is 10.8. The molecule has 0 amide bonds. The van der Waals surface area contributed by atoms with Crippen molar-refractivity contribution in [3.05, 3.63) is 29.7 Å². The number of fused-ring (bicyclic) bond motifs is 1. The maximum Gasteiger partial charge on any atom is 0.161 e. The number of aromatic nitrogens is 3. The van der Waals surface area contributed by atoms with Gasteiger partial charge in [-0.15, -0.1) is 10.2 Å². The molecule has 3 heterocycles. The van der Waals surface area contributed by atoms with Gasteiger partial charge in [0.05, 0.1) is 0 Å². The molecule has 19 heavy (non-hydrogen) atoms. The van der Waals surface area contributed by atoms with Crippen LogP contribution in [0.15, 0.2) is 18.3 Å². The number of likely N-dealkylation sites (N-methyl/N-ethyl adjacent to an activating group) is 1. The van der Waals surface area contributed by atoms with Crippen molar-refractivity contribution in [3.8, 4) is 0 Å². The summed E-state index contributed by atoms with van der Waals surface area (Å²) in [6.07, 6.45) is 6.15. The quantitative estimate of drug-likeness (QED) is 0.781. The average Bonchev–Trinajstić information content (AvgIpc) is 3.05. The number of carbonyl (C=O) groups is 1. The van der Waals surface area contributed by atoms with Gasteiger partial charge in [0.25, 0.3) is 0 Å². The van der Waals surface area contributed by atoms with Gasteiger partial charge in [0, 0.05) is 24.2 Å². The largest absolute Gasteiger partial charge is 0.300 e. The Morgan fingerprint density at radius 1 is 1.47 bits per heavy atom. The molecule has 0 aliphatic carbocycles. The lowest BCUT2D eigenvalue weighted by Gasteiger charge is -2.21. The standard InChI is InChI=1S/C14H18N4O/c1-2-17-6-3-4-12(17)9-14-16-15-13-8-11(10-19)5-7-18(13)14/h5,7-8,10,12H,2-4,6,9H2,1H3. The Bertz CT molecular complexity index is 592. The third-order valence-electron chi connectivity index (χ3n) is 3.96. The van der Waals surface area contributed by atoms with E-state index in [0.29, 0.717) is 11.6 Å². The fourth-order valence-corrected chi connectivity index (χ4v) is 2.92. The second kappa shape index (κ2) is 5.09. The number of hydrogen-bond acceptors (Lipinski definition) is 4. The van der Waals surface area contributed by atoms with Gasteiger partial charge in [-0.25, -0.2) is 0 Å². The van der Waals surface area contributed by atoms with Crippen LogP contribution in [-0.4, -0.2) is 44.9 Å².